The average Bonchev–Trinajstić information content (AvgIpc) is 3.34. The van der Waals surface area contributed by atoms with E-state index in [0.717, 1.165) is 29.0 Å². The first-order valence-corrected chi connectivity index (χ1v) is 10.7. The van der Waals surface area contributed by atoms with Crippen LogP contribution in [0.3, 0.4) is 0 Å². The Kier molecular flexibility index (Phi) is 4.60. The maximum Gasteiger partial charge on any atom is 0.182 e. The number of nitrogens with one attached hydrogen (secondary N) is 1. The molecular weight excluding hydrogens is 386 g/mol. The Morgan fingerprint density at radius 3 is 2.86 bits per heavy atom. The molecule has 0 fully saturated rings. The minimum atomic E-state index is 0.661. The Balaban J connectivity index is 1.62. The molecule has 1 aliphatic rings. The molecule has 0 saturated carbocycles. The van der Waals surface area contributed by atoms with Crippen molar-refractivity contribution in [3.63, 3.8) is 0 Å². The maximum atomic E-state index is 5.43. The van der Waals surface area contributed by atoms with Crippen LogP contribution >= 0.6 is 11.3 Å². The van der Waals surface area contributed by atoms with Crippen molar-refractivity contribution in [1.82, 2.24) is 19.6 Å². The van der Waals surface area contributed by atoms with E-state index >= 15 is 0 Å². The topological polar surface area (TPSA) is 66.0 Å². The zero-order chi connectivity index (χ0) is 20.0. The minimum absolute atomic E-state index is 0.661. The van der Waals surface area contributed by atoms with Gasteiger partial charge in [0, 0.05) is 12.0 Å². The van der Waals surface area contributed by atoms with Crippen LogP contribution in [-0.2, 0) is 13.0 Å². The molecule has 1 atom stereocenters. The van der Waals surface area contributed by atoms with Crippen molar-refractivity contribution in [2.45, 2.75) is 26.3 Å². The molecule has 5 rings (SSSR count). The molecular formula is C21H24N5O2S+. The van der Waals surface area contributed by atoms with Gasteiger partial charge < -0.3 is 14.4 Å². The second-order valence-corrected chi connectivity index (χ2v) is 8.46. The van der Waals surface area contributed by atoms with Crippen LogP contribution in [0, 0.1) is 0 Å². The van der Waals surface area contributed by atoms with E-state index in [1.54, 1.807) is 30.0 Å². The fourth-order valence-corrected chi connectivity index (χ4v) is 5.44. The number of ether oxygens (including phenoxy) is 2. The van der Waals surface area contributed by atoms with Crippen LogP contribution < -0.4 is 14.4 Å². The molecule has 0 saturated heterocycles. The first kappa shape index (κ1) is 18.3. The number of hydrogen-bond donors (Lipinski definition) is 1. The van der Waals surface area contributed by atoms with Gasteiger partial charge in [0.25, 0.3) is 0 Å². The fourth-order valence-electron chi connectivity index (χ4n) is 4.19. The van der Waals surface area contributed by atoms with Gasteiger partial charge in [0.15, 0.2) is 23.0 Å². The fraction of sp³-hybridized carbons (Fsp3) is 0.381. The molecule has 4 aromatic rings. The molecule has 0 spiro atoms. The molecule has 150 valence electrons. The zero-order valence-electron chi connectivity index (χ0n) is 16.9. The summed E-state index contributed by atoms with van der Waals surface area (Å²) in [5.41, 5.74) is 3.19. The number of hydrogen-bond acceptors (Lipinski definition) is 6. The molecule has 7 nitrogen and oxygen atoms in total. The minimum Gasteiger partial charge on any atom is -0.493 e. The molecule has 4 heterocycles. The summed E-state index contributed by atoms with van der Waals surface area (Å²) in [5, 5.41) is 5.85. The van der Waals surface area contributed by atoms with Crippen molar-refractivity contribution in [3.05, 3.63) is 35.0 Å². The standard InChI is InChI=1S/C21H23N5O2S/c1-4-8-25-9-7-14-17(11-25)29-21-18(14)20-23-19(24-26(20)12-22-21)13-5-6-15(27-2)16(10-13)28-3/h5-6,10,12H,4,7-9,11H2,1-3H3/p+1. The highest BCUT2D eigenvalue weighted by atomic mass is 32.1. The molecule has 0 amide bonds. The van der Waals surface area contributed by atoms with E-state index < -0.39 is 0 Å². The van der Waals surface area contributed by atoms with Gasteiger partial charge in [0.1, 0.15) is 17.7 Å². The number of aromatic nitrogens is 4. The van der Waals surface area contributed by atoms with E-state index in [2.05, 4.69) is 17.0 Å². The van der Waals surface area contributed by atoms with Crippen molar-refractivity contribution in [3.8, 4) is 22.9 Å². The van der Waals surface area contributed by atoms with Crippen LogP contribution in [-0.4, -0.2) is 46.9 Å². The van der Waals surface area contributed by atoms with Crippen LogP contribution in [0.1, 0.15) is 23.8 Å². The van der Waals surface area contributed by atoms with Crippen LogP contribution in [0.5, 0.6) is 11.5 Å². The maximum absolute atomic E-state index is 5.43. The van der Waals surface area contributed by atoms with Gasteiger partial charge in [-0.25, -0.2) is 14.5 Å². The number of thiophene rings is 1. The number of fused-ring (bicyclic) bond motifs is 5. The first-order chi connectivity index (χ1) is 14.2. The lowest BCUT2D eigenvalue weighted by Crippen LogP contribution is -3.11. The molecule has 1 unspecified atom stereocenters. The summed E-state index contributed by atoms with van der Waals surface area (Å²) in [7, 11) is 3.26. The van der Waals surface area contributed by atoms with Crippen LogP contribution in [0.2, 0.25) is 0 Å². The summed E-state index contributed by atoms with van der Waals surface area (Å²) in [6, 6.07) is 5.74. The molecule has 0 aliphatic carbocycles. The smallest absolute Gasteiger partial charge is 0.182 e. The third-order valence-electron chi connectivity index (χ3n) is 5.60. The number of rotatable bonds is 5. The average molecular weight is 411 g/mol. The Bertz CT molecular complexity index is 1200. The highest BCUT2D eigenvalue weighted by molar-refractivity contribution is 7.19. The van der Waals surface area contributed by atoms with Gasteiger partial charge in [-0.2, -0.15) is 0 Å². The van der Waals surface area contributed by atoms with Crippen LogP contribution in [0.4, 0.5) is 0 Å². The quantitative estimate of drug-likeness (QED) is 0.547. The molecule has 0 bridgehead atoms. The molecule has 1 aliphatic heterocycles. The monoisotopic (exact) mass is 410 g/mol. The van der Waals surface area contributed by atoms with E-state index in [1.165, 1.54) is 35.3 Å². The lowest BCUT2D eigenvalue weighted by atomic mass is 10.1. The van der Waals surface area contributed by atoms with Gasteiger partial charge >= 0.3 is 0 Å². The van der Waals surface area contributed by atoms with Crippen molar-refractivity contribution < 1.29 is 14.4 Å². The second kappa shape index (κ2) is 7.27. The van der Waals surface area contributed by atoms with Gasteiger partial charge in [-0.3, -0.25) is 0 Å². The highest BCUT2D eigenvalue weighted by Crippen LogP contribution is 2.35. The summed E-state index contributed by atoms with van der Waals surface area (Å²) >= 11 is 1.81. The van der Waals surface area contributed by atoms with E-state index in [-0.39, 0.29) is 0 Å². The van der Waals surface area contributed by atoms with Crippen molar-refractivity contribution in [2.75, 3.05) is 27.3 Å². The summed E-state index contributed by atoms with van der Waals surface area (Å²) in [4.78, 5) is 13.7. The lowest BCUT2D eigenvalue weighted by Gasteiger charge is -2.23. The Hall–Kier alpha value is -2.71. The van der Waals surface area contributed by atoms with Crippen molar-refractivity contribution in [1.29, 1.82) is 0 Å². The Morgan fingerprint density at radius 1 is 1.21 bits per heavy atom. The molecule has 1 N–H and O–H groups in total. The van der Waals surface area contributed by atoms with Gasteiger partial charge in [-0.05, 0) is 30.2 Å². The van der Waals surface area contributed by atoms with Crippen LogP contribution in [0.25, 0.3) is 27.3 Å². The predicted octanol–water partition coefficient (Wildman–Crippen LogP) is 2.37. The largest absolute Gasteiger partial charge is 0.493 e. The first-order valence-electron chi connectivity index (χ1n) is 9.93. The summed E-state index contributed by atoms with van der Waals surface area (Å²) in [6.07, 6.45) is 4.06. The molecule has 29 heavy (non-hydrogen) atoms. The van der Waals surface area contributed by atoms with E-state index in [4.69, 9.17) is 14.5 Å². The molecule has 8 heteroatoms. The lowest BCUT2D eigenvalue weighted by molar-refractivity contribution is -0.915. The van der Waals surface area contributed by atoms with Gasteiger partial charge in [-0.1, -0.05) is 6.92 Å². The number of nitrogens with zero attached hydrogens (tertiary/aromatic N) is 4. The zero-order valence-corrected chi connectivity index (χ0v) is 17.7. The van der Waals surface area contributed by atoms with Gasteiger partial charge in [0.2, 0.25) is 0 Å². The van der Waals surface area contributed by atoms with E-state index in [0.29, 0.717) is 17.3 Å². The normalized spacial score (nSPS) is 16.3. The summed E-state index contributed by atoms with van der Waals surface area (Å²) in [6.45, 7) is 5.74. The van der Waals surface area contributed by atoms with Gasteiger partial charge in [0.05, 0.1) is 37.6 Å². The highest BCUT2D eigenvalue weighted by Gasteiger charge is 2.26. The Labute approximate surface area is 172 Å². The number of quaternary nitrogens is 1. The van der Waals surface area contributed by atoms with Crippen molar-refractivity contribution in [2.24, 2.45) is 0 Å². The number of benzene rings is 1. The van der Waals surface area contributed by atoms with E-state index in [1.807, 2.05) is 29.5 Å². The molecule has 3 aromatic heterocycles. The Morgan fingerprint density at radius 2 is 2.07 bits per heavy atom. The predicted molar refractivity (Wildman–Crippen MR) is 113 cm³/mol. The third kappa shape index (κ3) is 3.03. The van der Waals surface area contributed by atoms with Crippen molar-refractivity contribution >= 4 is 27.2 Å². The summed E-state index contributed by atoms with van der Waals surface area (Å²) < 4.78 is 12.6. The molecule has 0 radical (unpaired) electrons. The second-order valence-electron chi connectivity index (χ2n) is 7.38. The van der Waals surface area contributed by atoms with E-state index in [9.17, 15) is 0 Å². The summed E-state index contributed by atoms with van der Waals surface area (Å²) in [5.74, 6) is 2.02. The third-order valence-corrected chi connectivity index (χ3v) is 6.74. The van der Waals surface area contributed by atoms with Crippen LogP contribution in [0.15, 0.2) is 24.5 Å². The number of methoxy groups -OCH3 is 2. The SMILES string of the molecule is CCC[NH+]1CCc2c(sc3ncn4nc(-c5ccc(OC)c(OC)c5)nc4c23)C1. The molecule has 1 aromatic carbocycles. The van der Waals surface area contributed by atoms with Gasteiger partial charge in [-0.15, -0.1) is 16.4 Å².